The summed E-state index contributed by atoms with van der Waals surface area (Å²) in [5.41, 5.74) is 9.41. The quantitative estimate of drug-likeness (QED) is 0.193. The lowest BCUT2D eigenvalue weighted by molar-refractivity contribution is -0.138. The number of rotatable bonds is 12. The first-order valence-electron chi connectivity index (χ1n) is 15.8. The van der Waals surface area contributed by atoms with Crippen molar-refractivity contribution in [1.29, 1.82) is 0 Å². The van der Waals surface area contributed by atoms with Gasteiger partial charge in [0.2, 0.25) is 0 Å². The van der Waals surface area contributed by atoms with Crippen molar-refractivity contribution in [2.45, 2.75) is 53.4 Å². The van der Waals surface area contributed by atoms with Crippen LogP contribution in [0.25, 0.3) is 17.7 Å². The number of nitrogens with one attached hydrogen (secondary N) is 3. The van der Waals surface area contributed by atoms with Crippen LogP contribution in [0.4, 0.5) is 0 Å². The molecule has 2 amide bonds. The molecule has 0 bridgehead atoms. The maximum atomic E-state index is 12.9. The lowest BCUT2D eigenvalue weighted by atomic mass is 9.93. The number of aromatic nitrogens is 2. The Morgan fingerprint density at radius 3 is 2.00 bits per heavy atom. The molecule has 1 aromatic carbocycles. The van der Waals surface area contributed by atoms with E-state index in [1.54, 1.807) is 6.08 Å². The van der Waals surface area contributed by atoms with Crippen molar-refractivity contribution in [2.24, 2.45) is 4.99 Å². The van der Waals surface area contributed by atoms with Gasteiger partial charge in [0.1, 0.15) is 0 Å². The minimum atomic E-state index is -0.944. The predicted octanol–water partition coefficient (Wildman–Crippen LogP) is 4.48. The average Bonchev–Trinajstić information content (AvgIpc) is 3.72. The number of carbonyl (C=O) groups excluding carboxylic acids is 2. The van der Waals surface area contributed by atoms with Crippen LogP contribution in [-0.2, 0) is 32.0 Å². The highest BCUT2D eigenvalue weighted by Gasteiger charge is 2.27. The third kappa shape index (κ3) is 6.71. The van der Waals surface area contributed by atoms with Gasteiger partial charge in [0.25, 0.3) is 11.8 Å². The Hall–Kier alpha value is -6.03. The molecule has 5 N–H and O–H groups in total. The van der Waals surface area contributed by atoms with Crippen LogP contribution in [0, 0.1) is 13.8 Å². The third-order valence-corrected chi connectivity index (χ3v) is 9.09. The number of hydrogen-bond acceptors (Lipinski definition) is 4. The molecule has 3 aromatic rings. The zero-order chi connectivity index (χ0) is 35.6. The van der Waals surface area contributed by atoms with Gasteiger partial charge in [0, 0.05) is 52.0 Å². The highest BCUT2D eigenvalue weighted by Crippen LogP contribution is 2.29. The van der Waals surface area contributed by atoms with Crippen molar-refractivity contribution in [1.82, 2.24) is 15.3 Å². The highest BCUT2D eigenvalue weighted by atomic mass is 16.4. The van der Waals surface area contributed by atoms with Crippen LogP contribution in [0.2, 0.25) is 0 Å². The van der Waals surface area contributed by atoms with E-state index in [9.17, 15) is 29.4 Å². The molecule has 2 aromatic heterocycles. The molecule has 10 heteroatoms. The van der Waals surface area contributed by atoms with Crippen molar-refractivity contribution in [2.75, 3.05) is 0 Å². The molecule has 0 unspecified atom stereocenters. The minimum Gasteiger partial charge on any atom is -0.481 e. The number of allylic oxidation sites excluding steroid dienone is 2. The number of nitrogens with zero attached hydrogens (tertiary/aromatic N) is 1. The molecule has 2 aliphatic rings. The molecule has 2 aliphatic heterocycles. The Morgan fingerprint density at radius 1 is 0.796 bits per heavy atom. The number of benzene rings is 1. The molecule has 0 spiro atoms. The molecular formula is C39H38N4O6. The molecule has 0 atom stereocenters. The second kappa shape index (κ2) is 14.0. The fraction of sp³-hybridized carbons (Fsp3) is 0.205. The number of hydrogen-bond donors (Lipinski definition) is 5. The van der Waals surface area contributed by atoms with E-state index in [1.807, 2.05) is 64.1 Å². The fourth-order valence-electron chi connectivity index (χ4n) is 6.36. The van der Waals surface area contributed by atoms with E-state index in [0.717, 1.165) is 33.4 Å². The SMILES string of the molecule is C=CC1=C(C)C(/C(c2ccccc2)=c2/[nH]/c(=C/c3[nH]c(/C=C4/NC(=O)C(C=C)=C4C)c(CCC(=O)O)c3C)c(C)c2CCC(=O)O)=NC1=O. The van der Waals surface area contributed by atoms with Crippen molar-refractivity contribution in [3.8, 4) is 0 Å². The normalized spacial score (nSPS) is 16.4. The topological polar surface area (TPSA) is 165 Å². The average molecular weight is 659 g/mol. The van der Waals surface area contributed by atoms with Gasteiger partial charge in [-0.1, -0.05) is 55.6 Å². The van der Waals surface area contributed by atoms with Crippen LogP contribution in [-0.4, -0.2) is 49.6 Å². The summed E-state index contributed by atoms with van der Waals surface area (Å²) in [5.74, 6) is -2.52. The van der Waals surface area contributed by atoms with E-state index in [4.69, 9.17) is 0 Å². The number of H-pyrrole nitrogens is 2. The van der Waals surface area contributed by atoms with Gasteiger partial charge in [-0.25, -0.2) is 4.99 Å². The second-order valence-electron chi connectivity index (χ2n) is 12.0. The smallest absolute Gasteiger partial charge is 0.303 e. The molecule has 0 radical (unpaired) electrons. The molecule has 0 saturated heterocycles. The Kier molecular flexibility index (Phi) is 9.79. The fourth-order valence-corrected chi connectivity index (χ4v) is 6.36. The largest absolute Gasteiger partial charge is 0.481 e. The van der Waals surface area contributed by atoms with Gasteiger partial charge in [-0.15, -0.1) is 0 Å². The first kappa shape index (κ1) is 34.3. The van der Waals surface area contributed by atoms with Gasteiger partial charge < -0.3 is 25.5 Å². The summed E-state index contributed by atoms with van der Waals surface area (Å²) >= 11 is 0. The van der Waals surface area contributed by atoms with Gasteiger partial charge in [-0.05, 0) is 91.7 Å². The minimum absolute atomic E-state index is 0.0891. The standard InChI is InChI=1S/C39H38N4O6/c1-7-25-20(3)31(42-38(25)48)19-32-27(14-16-33(44)45)21(4)29(40-32)18-30-22(5)28(15-17-34(46)47)37(41-30)35(24-12-10-9-11-13-24)36-23(6)26(8-2)39(49)43-36/h7-13,18-19,40-41H,1-2,14-17H2,3-6H3,(H,42,48)(H,44,45)(H,46,47)/b30-18+,31-19+,37-35+. The number of carboxylic acids is 2. The van der Waals surface area contributed by atoms with Gasteiger partial charge in [-0.2, -0.15) is 0 Å². The highest BCUT2D eigenvalue weighted by molar-refractivity contribution is 6.38. The second-order valence-corrected chi connectivity index (χ2v) is 12.0. The Labute approximate surface area is 283 Å². The molecule has 0 aliphatic carbocycles. The number of aromatic amines is 2. The van der Waals surface area contributed by atoms with Crippen molar-refractivity contribution in [3.05, 3.63) is 134 Å². The van der Waals surface area contributed by atoms with Crippen LogP contribution in [0.1, 0.15) is 65.9 Å². The maximum absolute atomic E-state index is 12.9. The zero-order valence-corrected chi connectivity index (χ0v) is 27.9. The van der Waals surface area contributed by atoms with Crippen molar-refractivity contribution in [3.63, 3.8) is 0 Å². The van der Waals surface area contributed by atoms with E-state index in [0.29, 0.717) is 55.8 Å². The lowest BCUT2D eigenvalue weighted by Crippen LogP contribution is -2.22. The molecule has 5 rings (SSSR count). The van der Waals surface area contributed by atoms with Crippen LogP contribution >= 0.6 is 0 Å². The van der Waals surface area contributed by atoms with E-state index >= 15 is 0 Å². The summed E-state index contributed by atoms with van der Waals surface area (Å²) in [7, 11) is 0. The molecule has 0 saturated carbocycles. The molecule has 4 heterocycles. The molecular weight excluding hydrogens is 620 g/mol. The summed E-state index contributed by atoms with van der Waals surface area (Å²) < 4.78 is 0. The summed E-state index contributed by atoms with van der Waals surface area (Å²) in [6, 6.07) is 9.50. The Balaban J connectivity index is 1.80. The van der Waals surface area contributed by atoms with E-state index < -0.39 is 11.9 Å². The van der Waals surface area contributed by atoms with Gasteiger partial charge in [-0.3, -0.25) is 19.2 Å². The van der Waals surface area contributed by atoms with Gasteiger partial charge in [0.15, 0.2) is 0 Å². The molecule has 10 nitrogen and oxygen atoms in total. The van der Waals surface area contributed by atoms with E-state index in [-0.39, 0.29) is 37.5 Å². The van der Waals surface area contributed by atoms with Gasteiger partial charge in [0.05, 0.1) is 11.1 Å². The number of amides is 2. The number of carbonyl (C=O) groups is 4. The monoisotopic (exact) mass is 658 g/mol. The molecule has 0 fully saturated rings. The number of aliphatic carboxylic acids is 2. The molecule has 250 valence electrons. The third-order valence-electron chi connectivity index (χ3n) is 9.09. The number of carboxylic acid groups (broad SMARTS) is 2. The van der Waals surface area contributed by atoms with Crippen LogP contribution < -0.4 is 16.0 Å². The van der Waals surface area contributed by atoms with E-state index in [1.165, 1.54) is 12.2 Å². The maximum Gasteiger partial charge on any atom is 0.303 e. The summed E-state index contributed by atoms with van der Waals surface area (Å²) in [5, 5.41) is 23.4. The van der Waals surface area contributed by atoms with Crippen molar-refractivity contribution < 1.29 is 29.4 Å². The van der Waals surface area contributed by atoms with E-state index in [2.05, 4.69) is 33.4 Å². The summed E-state index contributed by atoms with van der Waals surface area (Å²) in [4.78, 5) is 60.1. The summed E-state index contributed by atoms with van der Waals surface area (Å²) in [6.45, 7) is 15.0. The van der Waals surface area contributed by atoms with Crippen LogP contribution in [0.5, 0.6) is 0 Å². The van der Waals surface area contributed by atoms with Crippen LogP contribution in [0.15, 0.2) is 88.6 Å². The van der Waals surface area contributed by atoms with Crippen LogP contribution in [0.3, 0.4) is 0 Å². The summed E-state index contributed by atoms with van der Waals surface area (Å²) in [6.07, 6.45) is 6.99. The van der Waals surface area contributed by atoms with Crippen molar-refractivity contribution >= 4 is 47.2 Å². The Bertz CT molecular complexity index is 2200. The lowest BCUT2D eigenvalue weighted by Gasteiger charge is -2.10. The molecule has 49 heavy (non-hydrogen) atoms. The number of aliphatic imine (C=N–C) groups is 1. The Morgan fingerprint density at radius 2 is 1.43 bits per heavy atom. The zero-order valence-electron chi connectivity index (χ0n) is 27.9. The predicted molar refractivity (Wildman–Crippen MR) is 189 cm³/mol. The first-order valence-corrected chi connectivity index (χ1v) is 15.8. The van der Waals surface area contributed by atoms with Gasteiger partial charge >= 0.3 is 11.9 Å². The first-order chi connectivity index (χ1) is 23.4.